The lowest BCUT2D eigenvalue weighted by Crippen LogP contribution is -2.29. The predicted molar refractivity (Wildman–Crippen MR) is 289 cm³/mol. The maximum absolute atomic E-state index is 2.47. The van der Waals surface area contributed by atoms with Gasteiger partial charge in [-0.1, -0.05) is 206 Å². The van der Waals surface area contributed by atoms with E-state index >= 15 is 0 Å². The average molecular weight is 879 g/mol. The van der Waals surface area contributed by atoms with Crippen molar-refractivity contribution in [2.75, 3.05) is 4.90 Å². The van der Waals surface area contributed by atoms with E-state index in [1.807, 2.05) is 0 Å². The number of rotatable bonds is 9. The lowest BCUT2D eigenvalue weighted by molar-refractivity contribution is 0.769. The minimum atomic E-state index is -0.580. The van der Waals surface area contributed by atoms with Crippen LogP contribution in [0.1, 0.15) is 22.3 Å². The fraction of sp³-hybridized carbons (Fsp3) is 0.0149. The summed E-state index contributed by atoms with van der Waals surface area (Å²) in [6.45, 7) is 0. The van der Waals surface area contributed by atoms with Crippen molar-refractivity contribution in [3.8, 4) is 50.2 Å². The predicted octanol–water partition coefficient (Wildman–Crippen LogP) is 17.6. The summed E-state index contributed by atoms with van der Waals surface area (Å²) in [5.41, 5.74) is 20.9. The summed E-state index contributed by atoms with van der Waals surface area (Å²) in [6, 6.07) is 102. The molecule has 1 unspecified atom stereocenters. The Bertz CT molecular complexity index is 3800. The number of fused-ring (bicyclic) bond motifs is 6. The molecular formula is C67H46N2. The van der Waals surface area contributed by atoms with Crippen molar-refractivity contribution in [3.05, 3.63) is 301 Å². The SMILES string of the molecule is c1ccc(-c2ccc(N(c3ccc(-c4ccc5c(c4)c4ccccc4n5-c4ccccc4)cc3)c3ccc4c(c3)C(c3ccccc3)(c3cccc(-c5ccccc5)c3)c3ccccc3-4)cc2)cc1. The lowest BCUT2D eigenvalue weighted by atomic mass is 9.67. The maximum Gasteiger partial charge on any atom is 0.0714 e. The molecule has 13 rings (SSSR count). The van der Waals surface area contributed by atoms with Crippen molar-refractivity contribution >= 4 is 38.9 Å². The van der Waals surface area contributed by atoms with E-state index < -0.39 is 5.41 Å². The van der Waals surface area contributed by atoms with Crippen LogP contribution in [-0.2, 0) is 5.41 Å². The third-order valence-electron chi connectivity index (χ3n) is 14.3. The molecule has 11 aromatic carbocycles. The molecule has 0 N–H and O–H groups in total. The summed E-state index contributed by atoms with van der Waals surface area (Å²) < 4.78 is 2.38. The quantitative estimate of drug-likeness (QED) is 0.140. The molecule has 0 radical (unpaired) electrons. The number of nitrogens with zero attached hydrogens (tertiary/aromatic N) is 2. The molecule has 0 spiro atoms. The Morgan fingerprint density at radius 3 is 1.46 bits per heavy atom. The Labute approximate surface area is 403 Å². The van der Waals surface area contributed by atoms with Gasteiger partial charge in [-0.25, -0.2) is 0 Å². The van der Waals surface area contributed by atoms with Crippen LogP contribution in [-0.4, -0.2) is 4.57 Å². The van der Waals surface area contributed by atoms with Crippen LogP contribution in [0.15, 0.2) is 279 Å². The van der Waals surface area contributed by atoms with Crippen molar-refractivity contribution in [1.29, 1.82) is 0 Å². The van der Waals surface area contributed by atoms with Crippen LogP contribution in [0.25, 0.3) is 72.0 Å². The van der Waals surface area contributed by atoms with E-state index in [1.54, 1.807) is 0 Å². The van der Waals surface area contributed by atoms with E-state index in [-0.39, 0.29) is 0 Å². The standard InChI is InChI=1S/C67H46N2/c1-5-18-47(19-6-1)49-32-37-56(38-33-49)68(57-39-34-50(35-40-57)52-36-43-66-62(45-52)61-29-14-16-31-65(61)69(66)55-26-11-4-12-27-55)58-41-42-60-59-28-13-15-30-63(59)67(64(60)46-58,53-23-9-3-10-24-53)54-25-17-22-51(44-54)48-20-7-2-8-21-48/h1-46H. The highest BCUT2D eigenvalue weighted by molar-refractivity contribution is 6.10. The fourth-order valence-electron chi connectivity index (χ4n) is 11.1. The molecule has 69 heavy (non-hydrogen) atoms. The zero-order valence-corrected chi connectivity index (χ0v) is 38.0. The number of hydrogen-bond acceptors (Lipinski definition) is 1. The second-order valence-corrected chi connectivity index (χ2v) is 18.1. The first-order chi connectivity index (χ1) is 34.2. The summed E-state index contributed by atoms with van der Waals surface area (Å²) in [4.78, 5) is 2.43. The number of anilines is 3. The molecule has 2 heteroatoms. The molecule has 0 aliphatic heterocycles. The first-order valence-electron chi connectivity index (χ1n) is 23.8. The molecule has 0 amide bonds. The second-order valence-electron chi connectivity index (χ2n) is 18.1. The van der Waals surface area contributed by atoms with Gasteiger partial charge in [0, 0.05) is 33.5 Å². The van der Waals surface area contributed by atoms with Crippen molar-refractivity contribution in [2.45, 2.75) is 5.41 Å². The molecule has 0 bridgehead atoms. The van der Waals surface area contributed by atoms with E-state index in [1.165, 1.54) is 88.6 Å². The van der Waals surface area contributed by atoms with Crippen LogP contribution in [0.2, 0.25) is 0 Å². The van der Waals surface area contributed by atoms with Gasteiger partial charge in [-0.15, -0.1) is 0 Å². The van der Waals surface area contributed by atoms with Gasteiger partial charge >= 0.3 is 0 Å². The first kappa shape index (κ1) is 40.3. The van der Waals surface area contributed by atoms with Gasteiger partial charge in [-0.2, -0.15) is 0 Å². The minimum Gasteiger partial charge on any atom is -0.310 e. The van der Waals surface area contributed by atoms with Gasteiger partial charge < -0.3 is 9.47 Å². The van der Waals surface area contributed by atoms with Gasteiger partial charge in [0.25, 0.3) is 0 Å². The minimum absolute atomic E-state index is 0.580. The summed E-state index contributed by atoms with van der Waals surface area (Å²) >= 11 is 0. The molecule has 0 saturated carbocycles. The van der Waals surface area contributed by atoms with Gasteiger partial charge in [0.2, 0.25) is 0 Å². The molecule has 2 nitrogen and oxygen atoms in total. The average Bonchev–Trinajstić information content (AvgIpc) is 3.92. The van der Waals surface area contributed by atoms with Crippen LogP contribution in [0.5, 0.6) is 0 Å². The second kappa shape index (κ2) is 16.7. The van der Waals surface area contributed by atoms with Crippen LogP contribution in [0.4, 0.5) is 17.1 Å². The summed E-state index contributed by atoms with van der Waals surface area (Å²) in [7, 11) is 0. The molecule has 0 fully saturated rings. The highest BCUT2D eigenvalue weighted by atomic mass is 15.1. The van der Waals surface area contributed by atoms with Crippen molar-refractivity contribution < 1.29 is 0 Å². The number of hydrogen-bond donors (Lipinski definition) is 0. The summed E-state index contributed by atoms with van der Waals surface area (Å²) in [6.07, 6.45) is 0. The zero-order valence-electron chi connectivity index (χ0n) is 38.0. The van der Waals surface area contributed by atoms with Gasteiger partial charge in [0.05, 0.1) is 16.4 Å². The molecule has 1 aliphatic rings. The van der Waals surface area contributed by atoms with Crippen molar-refractivity contribution in [3.63, 3.8) is 0 Å². The third kappa shape index (κ3) is 6.72. The van der Waals surface area contributed by atoms with Crippen LogP contribution in [0.3, 0.4) is 0 Å². The number of aromatic nitrogens is 1. The lowest BCUT2D eigenvalue weighted by Gasteiger charge is -2.35. The number of para-hydroxylation sites is 2. The summed E-state index contributed by atoms with van der Waals surface area (Å²) in [5, 5.41) is 2.49. The van der Waals surface area contributed by atoms with Crippen LogP contribution in [0, 0.1) is 0 Å². The van der Waals surface area contributed by atoms with Crippen molar-refractivity contribution in [2.24, 2.45) is 0 Å². The van der Waals surface area contributed by atoms with Gasteiger partial charge in [-0.3, -0.25) is 0 Å². The smallest absolute Gasteiger partial charge is 0.0714 e. The Morgan fingerprint density at radius 2 is 0.754 bits per heavy atom. The Hall–Kier alpha value is -8.98. The van der Waals surface area contributed by atoms with Gasteiger partial charge in [0.1, 0.15) is 0 Å². The molecule has 12 aromatic rings. The van der Waals surface area contributed by atoms with E-state index in [9.17, 15) is 0 Å². The van der Waals surface area contributed by atoms with Crippen molar-refractivity contribution in [1.82, 2.24) is 4.57 Å². The molecular weight excluding hydrogens is 833 g/mol. The highest BCUT2D eigenvalue weighted by Crippen LogP contribution is 2.57. The van der Waals surface area contributed by atoms with E-state index in [4.69, 9.17) is 0 Å². The molecule has 1 atom stereocenters. The van der Waals surface area contributed by atoms with Crippen LogP contribution < -0.4 is 4.90 Å². The Kier molecular flexibility index (Phi) is 9.77. The first-order valence-corrected chi connectivity index (χ1v) is 23.8. The molecule has 1 heterocycles. The topological polar surface area (TPSA) is 8.17 Å². The summed E-state index contributed by atoms with van der Waals surface area (Å²) in [5.74, 6) is 0. The third-order valence-corrected chi connectivity index (χ3v) is 14.3. The molecule has 324 valence electrons. The number of benzene rings is 11. The normalized spacial score (nSPS) is 13.9. The van der Waals surface area contributed by atoms with Gasteiger partial charge in [0.15, 0.2) is 0 Å². The van der Waals surface area contributed by atoms with Gasteiger partial charge in [-0.05, 0) is 140 Å². The van der Waals surface area contributed by atoms with Crippen LogP contribution >= 0.6 is 0 Å². The fourth-order valence-corrected chi connectivity index (χ4v) is 11.1. The molecule has 1 aliphatic carbocycles. The Morgan fingerprint density at radius 1 is 0.275 bits per heavy atom. The van der Waals surface area contributed by atoms with E-state index in [0.29, 0.717) is 0 Å². The molecule has 1 aromatic heterocycles. The Balaban J connectivity index is 0.977. The largest absolute Gasteiger partial charge is 0.310 e. The van der Waals surface area contributed by atoms with E-state index in [0.717, 1.165) is 22.7 Å². The monoisotopic (exact) mass is 878 g/mol. The highest BCUT2D eigenvalue weighted by Gasteiger charge is 2.46. The zero-order chi connectivity index (χ0) is 45.7. The maximum atomic E-state index is 2.47. The molecule has 0 saturated heterocycles. The van der Waals surface area contributed by atoms with E-state index in [2.05, 4.69) is 289 Å².